The summed E-state index contributed by atoms with van der Waals surface area (Å²) in [5, 5.41) is 8.18. The topological polar surface area (TPSA) is 120 Å². The van der Waals surface area contributed by atoms with Crippen LogP contribution >= 0.6 is 37.3 Å². The summed E-state index contributed by atoms with van der Waals surface area (Å²) in [5.74, 6) is 0. The van der Waals surface area contributed by atoms with E-state index in [1.54, 1.807) is 0 Å². The van der Waals surface area contributed by atoms with E-state index in [0.717, 1.165) is 4.47 Å². The second-order valence-electron chi connectivity index (χ2n) is 2.25. The first-order valence-corrected chi connectivity index (χ1v) is 9.08. The van der Waals surface area contributed by atoms with E-state index in [9.17, 15) is 16.8 Å². The van der Waals surface area contributed by atoms with Crippen LogP contribution in [0.25, 0.3) is 0 Å². The van der Waals surface area contributed by atoms with Crippen LogP contribution < -0.4 is 10.3 Å². The van der Waals surface area contributed by atoms with Gasteiger partial charge in [-0.15, -0.1) is 0 Å². The molecular weight excluding hydrogens is 379 g/mol. The molecule has 6 nitrogen and oxygen atoms in total. The number of benzene rings is 1. The van der Waals surface area contributed by atoms with E-state index in [1.807, 2.05) is 30.3 Å². The van der Waals surface area contributed by atoms with Crippen LogP contribution in [-0.4, -0.2) is 16.8 Å². The Balaban J connectivity index is 0. The van der Waals surface area contributed by atoms with Gasteiger partial charge in [0.25, 0.3) is 18.5 Å². The zero-order chi connectivity index (χ0) is 14.1. The van der Waals surface area contributed by atoms with Gasteiger partial charge in [-0.05, 0) is 12.1 Å². The molecule has 0 saturated heterocycles. The Morgan fingerprint density at radius 3 is 1.24 bits per heavy atom. The van der Waals surface area contributed by atoms with Crippen molar-refractivity contribution in [2.24, 2.45) is 10.3 Å². The van der Waals surface area contributed by atoms with Crippen LogP contribution in [0.2, 0.25) is 0 Å². The standard InChI is InChI=1S/C6H5Br.2ClH2NO2S/c7-6-4-2-1-3-5-6;2*1-5(2,3)4/h1-5H;2*(H2,2,3,4). The van der Waals surface area contributed by atoms with Crippen molar-refractivity contribution in [3.05, 3.63) is 34.8 Å². The molecular formula is C6H9BrCl2N2O4S2. The minimum Gasteiger partial charge on any atom is -0.215 e. The van der Waals surface area contributed by atoms with Crippen LogP contribution in [0.5, 0.6) is 0 Å². The first kappa shape index (κ1) is 19.4. The van der Waals surface area contributed by atoms with E-state index in [-0.39, 0.29) is 0 Å². The van der Waals surface area contributed by atoms with Gasteiger partial charge in [-0.25, -0.2) is 10.3 Å². The summed E-state index contributed by atoms with van der Waals surface area (Å²) in [6, 6.07) is 9.97. The van der Waals surface area contributed by atoms with Crippen LogP contribution in [0, 0.1) is 0 Å². The van der Waals surface area contributed by atoms with Gasteiger partial charge in [0.1, 0.15) is 0 Å². The van der Waals surface area contributed by atoms with E-state index >= 15 is 0 Å². The number of halogens is 3. The Morgan fingerprint density at radius 2 is 1.12 bits per heavy atom. The fourth-order valence-corrected chi connectivity index (χ4v) is 0.720. The smallest absolute Gasteiger partial charge is 0.215 e. The molecule has 0 fully saturated rings. The highest BCUT2D eigenvalue weighted by atomic mass is 79.9. The van der Waals surface area contributed by atoms with Gasteiger partial charge >= 0.3 is 0 Å². The molecule has 17 heavy (non-hydrogen) atoms. The van der Waals surface area contributed by atoms with E-state index < -0.39 is 18.5 Å². The van der Waals surface area contributed by atoms with Crippen molar-refractivity contribution in [2.45, 2.75) is 0 Å². The molecule has 11 heteroatoms. The predicted molar refractivity (Wildman–Crippen MR) is 72.1 cm³/mol. The lowest BCUT2D eigenvalue weighted by molar-refractivity contribution is 0.609. The summed E-state index contributed by atoms with van der Waals surface area (Å²) in [5.41, 5.74) is 0. The van der Waals surface area contributed by atoms with Crippen molar-refractivity contribution in [2.75, 3.05) is 0 Å². The van der Waals surface area contributed by atoms with E-state index in [2.05, 4.69) is 47.6 Å². The Hall–Kier alpha value is 0.1000. The van der Waals surface area contributed by atoms with Crippen molar-refractivity contribution < 1.29 is 16.8 Å². The number of hydrogen-bond donors (Lipinski definition) is 2. The molecule has 1 rings (SSSR count). The zero-order valence-electron chi connectivity index (χ0n) is 8.12. The molecule has 0 aliphatic heterocycles. The molecule has 0 radical (unpaired) electrons. The average molecular weight is 388 g/mol. The maximum absolute atomic E-state index is 9.18. The molecule has 0 bridgehead atoms. The summed E-state index contributed by atoms with van der Waals surface area (Å²) in [6.07, 6.45) is 0. The van der Waals surface area contributed by atoms with Gasteiger partial charge in [-0.1, -0.05) is 34.1 Å². The molecule has 0 aliphatic rings. The minimum atomic E-state index is -3.69. The second kappa shape index (κ2) is 9.09. The van der Waals surface area contributed by atoms with Gasteiger partial charge < -0.3 is 0 Å². The third kappa shape index (κ3) is 48.8. The molecule has 0 saturated carbocycles. The Labute approximate surface area is 117 Å². The highest BCUT2D eigenvalue weighted by molar-refractivity contribution is 9.10. The summed E-state index contributed by atoms with van der Waals surface area (Å²) in [4.78, 5) is 0. The summed E-state index contributed by atoms with van der Waals surface area (Å²) in [6.45, 7) is 0. The van der Waals surface area contributed by atoms with Crippen molar-refractivity contribution >= 4 is 55.8 Å². The van der Waals surface area contributed by atoms with E-state index in [1.165, 1.54) is 0 Å². The molecule has 0 amide bonds. The van der Waals surface area contributed by atoms with Crippen LogP contribution in [-0.2, 0) is 18.5 Å². The van der Waals surface area contributed by atoms with Crippen molar-refractivity contribution in [1.29, 1.82) is 0 Å². The molecule has 0 aliphatic carbocycles. The van der Waals surface area contributed by atoms with Gasteiger partial charge in [-0.3, -0.25) is 0 Å². The molecule has 0 atom stereocenters. The van der Waals surface area contributed by atoms with Crippen LogP contribution in [0.4, 0.5) is 0 Å². The molecule has 4 N–H and O–H groups in total. The monoisotopic (exact) mass is 386 g/mol. The molecule has 0 spiro atoms. The molecule has 0 unspecified atom stereocenters. The molecule has 1 aromatic rings. The van der Waals surface area contributed by atoms with Gasteiger partial charge in [0.05, 0.1) is 0 Å². The molecule has 1 aromatic carbocycles. The predicted octanol–water partition coefficient (Wildman–Crippen LogP) is 1.31. The van der Waals surface area contributed by atoms with Crippen molar-refractivity contribution in [3.63, 3.8) is 0 Å². The lowest BCUT2D eigenvalue weighted by Gasteiger charge is -1.80. The molecule has 100 valence electrons. The number of hydrogen-bond acceptors (Lipinski definition) is 4. The third-order valence-electron chi connectivity index (χ3n) is 0.733. The second-order valence-corrected chi connectivity index (χ2v) is 7.65. The number of nitrogens with two attached hydrogens (primary N) is 2. The fraction of sp³-hybridized carbons (Fsp3) is 0. The van der Waals surface area contributed by atoms with Crippen molar-refractivity contribution in [1.82, 2.24) is 0 Å². The lowest BCUT2D eigenvalue weighted by atomic mass is 10.4. The molecule has 0 heterocycles. The van der Waals surface area contributed by atoms with Gasteiger partial charge in [0.2, 0.25) is 0 Å². The summed E-state index contributed by atoms with van der Waals surface area (Å²) in [7, 11) is 1.17. The SMILES string of the molecule is Brc1ccccc1.NS(=O)(=O)Cl.NS(=O)(=O)Cl. The lowest BCUT2D eigenvalue weighted by Crippen LogP contribution is -2.00. The quantitative estimate of drug-likeness (QED) is 0.651. The van der Waals surface area contributed by atoms with Gasteiger partial charge in [-0.2, -0.15) is 16.8 Å². The fourth-order valence-electron chi connectivity index (χ4n) is 0.415. The van der Waals surface area contributed by atoms with Crippen LogP contribution in [0.1, 0.15) is 0 Å². The largest absolute Gasteiger partial charge is 0.294 e. The summed E-state index contributed by atoms with van der Waals surface area (Å²) < 4.78 is 37.8. The Morgan fingerprint density at radius 1 is 0.882 bits per heavy atom. The number of rotatable bonds is 0. The normalized spacial score (nSPS) is 10.4. The molecule has 0 aromatic heterocycles. The van der Waals surface area contributed by atoms with Crippen LogP contribution in [0.15, 0.2) is 34.8 Å². The van der Waals surface area contributed by atoms with E-state index in [0.29, 0.717) is 0 Å². The average Bonchev–Trinajstić information content (AvgIpc) is 1.98. The summed E-state index contributed by atoms with van der Waals surface area (Å²) >= 11 is 3.31. The highest BCUT2D eigenvalue weighted by Crippen LogP contribution is 2.05. The van der Waals surface area contributed by atoms with Gasteiger partial charge in [0.15, 0.2) is 0 Å². The Bertz CT molecular complexity index is 460. The zero-order valence-corrected chi connectivity index (χ0v) is 12.9. The Kier molecular flexibility index (Phi) is 10.4. The minimum absolute atomic E-state index is 1.13. The van der Waals surface area contributed by atoms with Crippen LogP contribution in [0.3, 0.4) is 0 Å². The third-order valence-corrected chi connectivity index (χ3v) is 1.26. The van der Waals surface area contributed by atoms with Gasteiger partial charge in [0, 0.05) is 25.8 Å². The maximum atomic E-state index is 9.18. The first-order valence-electron chi connectivity index (χ1n) is 3.55. The van der Waals surface area contributed by atoms with Crippen molar-refractivity contribution in [3.8, 4) is 0 Å². The first-order chi connectivity index (χ1) is 7.39. The maximum Gasteiger partial charge on any atom is 0.294 e. The van der Waals surface area contributed by atoms with E-state index in [4.69, 9.17) is 0 Å². The highest BCUT2D eigenvalue weighted by Gasteiger charge is 1.84.